The Hall–Kier alpha value is -3.73. The van der Waals surface area contributed by atoms with Crippen molar-refractivity contribution in [3.05, 3.63) is 101 Å². The quantitative estimate of drug-likeness (QED) is 0.701. The van der Waals surface area contributed by atoms with Gasteiger partial charge in [-0.2, -0.15) is 0 Å². The van der Waals surface area contributed by atoms with Crippen molar-refractivity contribution in [1.29, 1.82) is 0 Å². The highest BCUT2D eigenvalue weighted by atomic mass is 16.2. The van der Waals surface area contributed by atoms with Crippen LogP contribution in [0.25, 0.3) is 0 Å². The summed E-state index contributed by atoms with van der Waals surface area (Å²) in [5.41, 5.74) is 2.37. The van der Waals surface area contributed by atoms with Gasteiger partial charge in [0.05, 0.1) is 11.1 Å². The molecule has 0 radical (unpaired) electrons. The molecular weight excluding hydrogens is 364 g/mol. The fourth-order valence-corrected chi connectivity index (χ4v) is 4.44. The van der Waals surface area contributed by atoms with E-state index < -0.39 is 5.41 Å². The molecule has 3 aromatic carbocycles. The van der Waals surface area contributed by atoms with Crippen LogP contribution in [-0.4, -0.2) is 29.2 Å². The number of imide groups is 1. The number of benzene rings is 3. The lowest BCUT2D eigenvalue weighted by atomic mass is 9.73. The molecular formula is C24H18N2O3. The van der Waals surface area contributed by atoms with E-state index in [9.17, 15) is 14.4 Å². The van der Waals surface area contributed by atoms with Gasteiger partial charge in [0.25, 0.3) is 11.8 Å². The molecule has 0 unspecified atom stereocenters. The first-order valence-corrected chi connectivity index (χ1v) is 9.54. The summed E-state index contributed by atoms with van der Waals surface area (Å²) < 4.78 is 0. The number of carbonyl (C=O) groups is 3. The summed E-state index contributed by atoms with van der Waals surface area (Å²) in [5.74, 6) is -0.748. The van der Waals surface area contributed by atoms with Crippen molar-refractivity contribution in [2.24, 2.45) is 0 Å². The molecule has 5 heteroatoms. The van der Waals surface area contributed by atoms with Crippen molar-refractivity contribution >= 4 is 23.4 Å². The van der Waals surface area contributed by atoms with Crippen LogP contribution in [0.5, 0.6) is 0 Å². The number of para-hydroxylation sites is 1. The van der Waals surface area contributed by atoms with E-state index in [-0.39, 0.29) is 24.3 Å². The molecule has 0 bridgehead atoms. The van der Waals surface area contributed by atoms with Gasteiger partial charge >= 0.3 is 0 Å². The smallest absolute Gasteiger partial charge is 0.261 e. The number of nitrogens with zero attached hydrogens (tertiary/aromatic N) is 1. The standard InChI is InChI=1S/C24H18N2O3/c27-21-17-10-4-5-11-18(17)22(28)26(21)15-14-24(16-8-2-1-3-9-16)19-12-6-7-13-20(19)25-23(24)29/h1-13H,14-15H2,(H,25,29)/t24-/m0/s1. The average Bonchev–Trinajstić information content (AvgIpc) is 3.19. The summed E-state index contributed by atoms with van der Waals surface area (Å²) in [6, 6.07) is 24.0. The van der Waals surface area contributed by atoms with E-state index in [1.54, 1.807) is 24.3 Å². The molecule has 3 amide bonds. The minimum atomic E-state index is -0.951. The van der Waals surface area contributed by atoms with Crippen LogP contribution in [0.3, 0.4) is 0 Å². The van der Waals surface area contributed by atoms with E-state index >= 15 is 0 Å². The predicted octanol–water partition coefficient (Wildman–Crippen LogP) is 3.61. The van der Waals surface area contributed by atoms with Crippen LogP contribution in [0.15, 0.2) is 78.9 Å². The van der Waals surface area contributed by atoms with Gasteiger partial charge in [-0.05, 0) is 35.7 Å². The summed E-state index contributed by atoms with van der Waals surface area (Å²) in [7, 11) is 0. The van der Waals surface area contributed by atoms with Crippen molar-refractivity contribution in [3.63, 3.8) is 0 Å². The van der Waals surface area contributed by atoms with Crippen molar-refractivity contribution < 1.29 is 14.4 Å². The molecule has 2 aliphatic heterocycles. The summed E-state index contributed by atoms with van der Waals surface area (Å²) in [6.45, 7) is 0.156. The third-order valence-electron chi connectivity index (χ3n) is 5.88. The predicted molar refractivity (Wildman–Crippen MR) is 109 cm³/mol. The van der Waals surface area contributed by atoms with E-state index in [1.807, 2.05) is 54.6 Å². The largest absolute Gasteiger partial charge is 0.325 e. The number of fused-ring (bicyclic) bond motifs is 2. The molecule has 5 rings (SSSR count). The van der Waals surface area contributed by atoms with E-state index in [4.69, 9.17) is 0 Å². The van der Waals surface area contributed by atoms with Crippen LogP contribution in [0.2, 0.25) is 0 Å². The first kappa shape index (κ1) is 17.4. The third kappa shape index (κ3) is 2.44. The number of carbonyl (C=O) groups excluding carboxylic acids is 3. The number of hydrogen-bond donors (Lipinski definition) is 1. The highest BCUT2D eigenvalue weighted by Gasteiger charge is 2.49. The Kier molecular flexibility index (Phi) is 3.84. The molecule has 1 atom stereocenters. The second-order valence-corrected chi connectivity index (χ2v) is 7.33. The molecule has 0 saturated carbocycles. The zero-order chi connectivity index (χ0) is 20.0. The van der Waals surface area contributed by atoms with Gasteiger partial charge in [0.2, 0.25) is 5.91 Å². The maximum atomic E-state index is 13.2. The Morgan fingerprint density at radius 2 is 1.31 bits per heavy atom. The van der Waals surface area contributed by atoms with Crippen molar-refractivity contribution in [3.8, 4) is 0 Å². The molecule has 2 heterocycles. The summed E-state index contributed by atoms with van der Waals surface area (Å²) in [5, 5.41) is 2.97. The second kappa shape index (κ2) is 6.41. The lowest BCUT2D eigenvalue weighted by Crippen LogP contribution is -2.41. The van der Waals surface area contributed by atoms with Crippen LogP contribution in [0.4, 0.5) is 5.69 Å². The van der Waals surface area contributed by atoms with E-state index in [1.165, 1.54) is 4.90 Å². The molecule has 0 spiro atoms. The first-order chi connectivity index (χ1) is 14.1. The zero-order valence-corrected chi connectivity index (χ0v) is 15.6. The van der Waals surface area contributed by atoms with Crippen molar-refractivity contribution in [2.75, 3.05) is 11.9 Å². The second-order valence-electron chi connectivity index (χ2n) is 7.33. The lowest BCUT2D eigenvalue weighted by molar-refractivity contribution is -0.119. The topological polar surface area (TPSA) is 66.5 Å². The minimum Gasteiger partial charge on any atom is -0.325 e. The fraction of sp³-hybridized carbons (Fsp3) is 0.125. The van der Waals surface area contributed by atoms with E-state index in [2.05, 4.69) is 5.32 Å². The van der Waals surface area contributed by atoms with Gasteiger partial charge < -0.3 is 5.32 Å². The third-order valence-corrected chi connectivity index (χ3v) is 5.88. The molecule has 29 heavy (non-hydrogen) atoms. The molecule has 142 valence electrons. The van der Waals surface area contributed by atoms with Crippen molar-refractivity contribution in [2.45, 2.75) is 11.8 Å². The van der Waals surface area contributed by atoms with E-state index in [0.29, 0.717) is 17.5 Å². The number of anilines is 1. The Labute approximate surface area is 168 Å². The molecule has 0 fully saturated rings. The van der Waals surface area contributed by atoms with Gasteiger partial charge in [-0.25, -0.2) is 0 Å². The van der Waals surface area contributed by atoms with Crippen LogP contribution in [-0.2, 0) is 10.2 Å². The average molecular weight is 382 g/mol. The number of nitrogens with one attached hydrogen (secondary N) is 1. The number of amides is 3. The monoisotopic (exact) mass is 382 g/mol. The molecule has 0 saturated heterocycles. The Bertz CT molecular complexity index is 1120. The molecule has 5 nitrogen and oxygen atoms in total. The molecule has 0 aromatic heterocycles. The minimum absolute atomic E-state index is 0.137. The Morgan fingerprint density at radius 3 is 2.00 bits per heavy atom. The summed E-state index contributed by atoms with van der Waals surface area (Å²) >= 11 is 0. The fourth-order valence-electron chi connectivity index (χ4n) is 4.44. The molecule has 3 aromatic rings. The lowest BCUT2D eigenvalue weighted by Gasteiger charge is -2.30. The van der Waals surface area contributed by atoms with Gasteiger partial charge in [-0.3, -0.25) is 19.3 Å². The first-order valence-electron chi connectivity index (χ1n) is 9.54. The van der Waals surface area contributed by atoms with Crippen LogP contribution < -0.4 is 5.32 Å². The van der Waals surface area contributed by atoms with Crippen LogP contribution in [0, 0.1) is 0 Å². The van der Waals surface area contributed by atoms with E-state index in [0.717, 1.165) is 16.8 Å². The van der Waals surface area contributed by atoms with Crippen LogP contribution in [0.1, 0.15) is 38.3 Å². The number of rotatable bonds is 4. The van der Waals surface area contributed by atoms with Gasteiger partial charge in [-0.15, -0.1) is 0 Å². The normalized spacial score (nSPS) is 19.9. The van der Waals surface area contributed by atoms with Gasteiger partial charge in [0.15, 0.2) is 0 Å². The maximum Gasteiger partial charge on any atom is 0.261 e. The highest BCUT2D eigenvalue weighted by molar-refractivity contribution is 6.21. The van der Waals surface area contributed by atoms with Gasteiger partial charge in [-0.1, -0.05) is 60.7 Å². The van der Waals surface area contributed by atoms with Crippen molar-refractivity contribution in [1.82, 2.24) is 4.90 Å². The summed E-state index contributed by atoms with van der Waals surface area (Å²) in [6.07, 6.45) is 0.311. The molecule has 0 aliphatic carbocycles. The zero-order valence-electron chi connectivity index (χ0n) is 15.6. The van der Waals surface area contributed by atoms with Crippen LogP contribution >= 0.6 is 0 Å². The Morgan fingerprint density at radius 1 is 0.724 bits per heavy atom. The molecule has 2 aliphatic rings. The highest BCUT2D eigenvalue weighted by Crippen LogP contribution is 2.45. The molecule has 1 N–H and O–H groups in total. The number of hydrogen-bond acceptors (Lipinski definition) is 3. The van der Waals surface area contributed by atoms with Gasteiger partial charge in [0.1, 0.15) is 5.41 Å². The Balaban J connectivity index is 1.55. The SMILES string of the molecule is O=C1c2ccccc2C(=O)N1CC[C@@]1(c2ccccc2)C(=O)Nc2ccccc21. The maximum absolute atomic E-state index is 13.2. The van der Waals surface area contributed by atoms with Gasteiger partial charge in [0, 0.05) is 12.2 Å². The summed E-state index contributed by atoms with van der Waals surface area (Å²) in [4.78, 5) is 40.1.